The third-order valence-corrected chi connectivity index (χ3v) is 13.0. The van der Waals surface area contributed by atoms with Crippen molar-refractivity contribution in [3.8, 4) is 61.4 Å². The SMILES string of the molecule is C=C1c2ccc(-c3ccc(CC(c4ccc(-c5ccccc5)cc4)c4ccc5c(c4)C(C)(C)c4ccccc4-5)cc3)cc2-c2cc3c(cc21)C(O)Oc1ccccc1-3. The van der Waals surface area contributed by atoms with Crippen molar-refractivity contribution < 1.29 is 9.84 Å². The second kappa shape index (κ2) is 13.2. The van der Waals surface area contributed by atoms with Crippen LogP contribution in [0.25, 0.3) is 61.2 Å². The molecule has 1 N–H and O–H groups in total. The molecule has 0 saturated carbocycles. The normalized spacial score (nSPS) is 15.6. The largest absolute Gasteiger partial charge is 0.460 e. The zero-order chi connectivity index (χ0) is 39.1. The zero-order valence-electron chi connectivity index (χ0n) is 32.7. The van der Waals surface area contributed by atoms with Gasteiger partial charge in [0.2, 0.25) is 6.29 Å². The average molecular weight is 747 g/mol. The number of rotatable bonds is 6. The molecule has 2 heteroatoms. The Balaban J connectivity index is 0.935. The van der Waals surface area contributed by atoms with Crippen molar-refractivity contribution in [2.75, 3.05) is 0 Å². The fraction of sp³-hybridized carbons (Fsp3) is 0.107. The molecule has 0 spiro atoms. The average Bonchev–Trinajstić information content (AvgIpc) is 3.67. The molecule has 0 bridgehead atoms. The summed E-state index contributed by atoms with van der Waals surface area (Å²) in [6, 6.07) is 64.0. The van der Waals surface area contributed by atoms with Gasteiger partial charge in [-0.25, -0.2) is 0 Å². The molecule has 2 nitrogen and oxygen atoms in total. The molecule has 0 radical (unpaired) electrons. The van der Waals surface area contributed by atoms with Crippen LogP contribution in [0, 0.1) is 0 Å². The molecule has 2 aliphatic carbocycles. The Morgan fingerprint density at radius 2 is 1.10 bits per heavy atom. The standard InChI is InChI=1S/C56H42O2/c1-34-42-27-25-40(30-48(42)50-33-49-45-14-8-10-16-54(45)58-55(57)51(49)32-46(34)50)38-19-17-35(18-20-38)29-47(39-23-21-37(22-24-39)36-11-5-4-6-12-36)41-26-28-44-43-13-7-9-15-52(43)56(2,3)53(44)31-41/h4-28,30-33,47,55,57H,1,29H2,2-3H3. The quantitative estimate of drug-likeness (QED) is 0.184. The lowest BCUT2D eigenvalue weighted by atomic mass is 9.79. The molecular weight excluding hydrogens is 705 g/mol. The van der Waals surface area contributed by atoms with E-state index in [0.29, 0.717) is 5.75 Å². The van der Waals surface area contributed by atoms with Crippen molar-refractivity contribution in [3.05, 3.63) is 227 Å². The topological polar surface area (TPSA) is 29.5 Å². The van der Waals surface area contributed by atoms with E-state index in [1.807, 2.05) is 18.2 Å². The number of ether oxygens (including phenoxy) is 1. The maximum Gasteiger partial charge on any atom is 0.224 e. The molecule has 3 aliphatic rings. The third kappa shape index (κ3) is 5.44. The van der Waals surface area contributed by atoms with Gasteiger partial charge in [-0.1, -0.05) is 172 Å². The molecule has 0 fully saturated rings. The van der Waals surface area contributed by atoms with Crippen molar-refractivity contribution >= 4 is 5.57 Å². The zero-order valence-corrected chi connectivity index (χ0v) is 32.7. The molecule has 0 amide bonds. The summed E-state index contributed by atoms with van der Waals surface area (Å²) in [4.78, 5) is 0. The van der Waals surface area contributed by atoms with Crippen LogP contribution in [0.3, 0.4) is 0 Å². The smallest absolute Gasteiger partial charge is 0.224 e. The van der Waals surface area contributed by atoms with Crippen LogP contribution in [0.15, 0.2) is 183 Å². The first-order valence-electron chi connectivity index (χ1n) is 20.3. The minimum atomic E-state index is -1.01. The van der Waals surface area contributed by atoms with Crippen molar-refractivity contribution in [1.29, 1.82) is 0 Å². The molecule has 8 aromatic rings. The lowest BCUT2D eigenvalue weighted by Crippen LogP contribution is -2.16. The van der Waals surface area contributed by atoms with Crippen molar-refractivity contribution in [3.63, 3.8) is 0 Å². The molecule has 1 aliphatic heterocycles. The Bertz CT molecular complexity index is 2930. The van der Waals surface area contributed by atoms with Gasteiger partial charge >= 0.3 is 0 Å². The Labute approximate surface area is 340 Å². The van der Waals surface area contributed by atoms with Gasteiger partial charge in [-0.05, 0) is 125 Å². The molecule has 8 aromatic carbocycles. The Hall–Kier alpha value is -6.74. The van der Waals surface area contributed by atoms with Crippen LogP contribution in [0.4, 0.5) is 0 Å². The van der Waals surface area contributed by atoms with Crippen molar-refractivity contribution in [2.24, 2.45) is 0 Å². The van der Waals surface area contributed by atoms with E-state index in [4.69, 9.17) is 4.74 Å². The number of fused-ring (bicyclic) bond motifs is 9. The molecule has 11 rings (SSSR count). The van der Waals surface area contributed by atoms with Gasteiger partial charge in [-0.3, -0.25) is 0 Å². The summed E-state index contributed by atoms with van der Waals surface area (Å²) in [5.74, 6) is 0.883. The summed E-state index contributed by atoms with van der Waals surface area (Å²) in [6.45, 7) is 9.21. The first-order chi connectivity index (χ1) is 28.3. The minimum Gasteiger partial charge on any atom is -0.460 e. The summed E-state index contributed by atoms with van der Waals surface area (Å²) in [6.07, 6.45) is -0.128. The first-order valence-corrected chi connectivity index (χ1v) is 20.3. The number of aliphatic hydroxyl groups excluding tert-OH is 1. The second-order valence-electron chi connectivity index (χ2n) is 16.6. The molecule has 2 atom stereocenters. The van der Waals surface area contributed by atoms with E-state index in [-0.39, 0.29) is 11.3 Å². The van der Waals surface area contributed by atoms with E-state index in [1.165, 1.54) is 66.8 Å². The summed E-state index contributed by atoms with van der Waals surface area (Å²) < 4.78 is 5.88. The maximum atomic E-state index is 10.9. The van der Waals surface area contributed by atoms with Crippen LogP contribution in [-0.4, -0.2) is 5.11 Å². The van der Waals surface area contributed by atoms with Crippen molar-refractivity contribution in [2.45, 2.75) is 37.9 Å². The minimum absolute atomic E-state index is 0.0620. The van der Waals surface area contributed by atoms with Crippen LogP contribution in [0.1, 0.15) is 70.6 Å². The van der Waals surface area contributed by atoms with Gasteiger partial charge in [0.1, 0.15) is 5.75 Å². The highest BCUT2D eigenvalue weighted by atomic mass is 16.6. The van der Waals surface area contributed by atoms with E-state index in [9.17, 15) is 5.11 Å². The number of benzene rings is 8. The van der Waals surface area contributed by atoms with E-state index in [2.05, 4.69) is 178 Å². The third-order valence-electron chi connectivity index (χ3n) is 13.0. The van der Waals surface area contributed by atoms with Gasteiger partial charge in [0.15, 0.2) is 0 Å². The molecule has 278 valence electrons. The molecule has 2 unspecified atom stereocenters. The van der Waals surface area contributed by atoms with E-state index in [1.54, 1.807) is 0 Å². The Morgan fingerprint density at radius 1 is 0.500 bits per heavy atom. The Morgan fingerprint density at radius 3 is 1.91 bits per heavy atom. The van der Waals surface area contributed by atoms with E-state index < -0.39 is 6.29 Å². The van der Waals surface area contributed by atoms with Crippen LogP contribution >= 0.6 is 0 Å². The highest BCUT2D eigenvalue weighted by Gasteiger charge is 2.36. The number of hydrogen-bond acceptors (Lipinski definition) is 2. The van der Waals surface area contributed by atoms with Gasteiger partial charge in [0.25, 0.3) is 0 Å². The summed E-state index contributed by atoms with van der Waals surface area (Å²) in [5, 5.41) is 10.9. The monoisotopic (exact) mass is 746 g/mol. The summed E-state index contributed by atoms with van der Waals surface area (Å²) in [7, 11) is 0. The highest BCUT2D eigenvalue weighted by molar-refractivity contribution is 6.03. The first kappa shape index (κ1) is 34.5. The predicted octanol–water partition coefficient (Wildman–Crippen LogP) is 13.8. The molecule has 0 aromatic heterocycles. The number of hydrogen-bond donors (Lipinski definition) is 1. The molecule has 1 heterocycles. The fourth-order valence-electron chi connectivity index (χ4n) is 9.83. The van der Waals surface area contributed by atoms with Gasteiger partial charge < -0.3 is 9.84 Å². The van der Waals surface area contributed by atoms with Crippen LogP contribution < -0.4 is 4.74 Å². The fourth-order valence-corrected chi connectivity index (χ4v) is 9.83. The lowest BCUT2D eigenvalue weighted by Gasteiger charge is -2.26. The number of para-hydroxylation sites is 1. The summed E-state index contributed by atoms with van der Waals surface area (Å²) in [5.41, 5.74) is 22.5. The lowest BCUT2D eigenvalue weighted by molar-refractivity contribution is -0.0213. The predicted molar refractivity (Wildman–Crippen MR) is 238 cm³/mol. The van der Waals surface area contributed by atoms with Gasteiger partial charge in [0, 0.05) is 22.5 Å². The van der Waals surface area contributed by atoms with Crippen molar-refractivity contribution in [1.82, 2.24) is 0 Å². The van der Waals surface area contributed by atoms with Gasteiger partial charge in [-0.2, -0.15) is 0 Å². The molecular formula is C56H42O2. The van der Waals surface area contributed by atoms with Gasteiger partial charge in [-0.15, -0.1) is 0 Å². The summed E-state index contributed by atoms with van der Waals surface area (Å²) >= 11 is 0. The van der Waals surface area contributed by atoms with Crippen LogP contribution in [-0.2, 0) is 11.8 Å². The maximum absolute atomic E-state index is 10.9. The van der Waals surface area contributed by atoms with Crippen LogP contribution in [0.5, 0.6) is 5.75 Å². The molecule has 0 saturated heterocycles. The van der Waals surface area contributed by atoms with Gasteiger partial charge in [0.05, 0.1) is 0 Å². The Kier molecular flexibility index (Phi) is 7.83. The number of aliphatic hydroxyl groups is 1. The van der Waals surface area contributed by atoms with Crippen LogP contribution in [0.2, 0.25) is 0 Å². The van der Waals surface area contributed by atoms with E-state index in [0.717, 1.165) is 45.4 Å². The van der Waals surface area contributed by atoms with E-state index >= 15 is 0 Å². The molecule has 58 heavy (non-hydrogen) atoms. The highest BCUT2D eigenvalue weighted by Crippen LogP contribution is 2.52. The second-order valence-corrected chi connectivity index (χ2v) is 16.6.